The van der Waals surface area contributed by atoms with Crippen LogP contribution in [0.3, 0.4) is 0 Å². The summed E-state index contributed by atoms with van der Waals surface area (Å²) in [4.78, 5) is 0. The van der Waals surface area contributed by atoms with Crippen LogP contribution in [0.15, 0.2) is 22.6 Å². The molecule has 0 saturated heterocycles. The van der Waals surface area contributed by atoms with Crippen LogP contribution in [-0.2, 0) is 12.8 Å². The van der Waals surface area contributed by atoms with Crippen LogP contribution >= 0.6 is 0 Å². The first-order valence-corrected chi connectivity index (χ1v) is 6.94. The van der Waals surface area contributed by atoms with Crippen molar-refractivity contribution in [3.8, 4) is 0 Å². The quantitative estimate of drug-likeness (QED) is 0.887. The molecule has 1 aromatic heterocycles. The van der Waals surface area contributed by atoms with E-state index in [4.69, 9.17) is 4.42 Å². The van der Waals surface area contributed by atoms with E-state index in [0.717, 1.165) is 34.6 Å². The second-order valence-corrected chi connectivity index (χ2v) is 5.54. The lowest BCUT2D eigenvalue weighted by molar-refractivity contribution is 0.217. The van der Waals surface area contributed by atoms with E-state index in [1.807, 2.05) is 20.8 Å². The molecule has 0 fully saturated rings. The van der Waals surface area contributed by atoms with Crippen LogP contribution in [0.5, 0.6) is 0 Å². The highest BCUT2D eigenvalue weighted by Gasteiger charge is 2.22. The summed E-state index contributed by atoms with van der Waals surface area (Å²) in [5.41, 5.74) is 5.80. The van der Waals surface area contributed by atoms with Gasteiger partial charge in [-0.2, -0.15) is 0 Å². The summed E-state index contributed by atoms with van der Waals surface area (Å²) >= 11 is 0. The van der Waals surface area contributed by atoms with E-state index in [0.29, 0.717) is 0 Å². The fraction of sp³-hybridized carbons (Fsp3) is 0.412. The molecule has 3 rings (SSSR count). The summed E-state index contributed by atoms with van der Waals surface area (Å²) in [6, 6.07) is 6.38. The molecule has 2 heteroatoms. The third-order valence-electron chi connectivity index (χ3n) is 4.33. The van der Waals surface area contributed by atoms with Crippen molar-refractivity contribution in [3.63, 3.8) is 0 Å². The molecule has 1 N–H and O–H groups in total. The minimum Gasteiger partial charge on any atom is -0.466 e. The minimum absolute atomic E-state index is 0.580. The number of benzene rings is 1. The highest BCUT2D eigenvalue weighted by atomic mass is 16.3. The van der Waals surface area contributed by atoms with E-state index in [2.05, 4.69) is 18.2 Å². The molecule has 2 aromatic rings. The van der Waals surface area contributed by atoms with E-state index in [-0.39, 0.29) is 0 Å². The number of aliphatic hydroxyl groups excluding tert-OH is 1. The second-order valence-electron chi connectivity index (χ2n) is 5.54. The average Bonchev–Trinajstić information content (AvgIpc) is 2.94. The smallest absolute Gasteiger partial charge is 0.108 e. The van der Waals surface area contributed by atoms with E-state index >= 15 is 0 Å². The largest absolute Gasteiger partial charge is 0.466 e. The Balaban J connectivity index is 2.02. The predicted molar refractivity (Wildman–Crippen MR) is 75.4 cm³/mol. The molecule has 1 aromatic carbocycles. The highest BCUT2D eigenvalue weighted by Crippen LogP contribution is 2.33. The fourth-order valence-corrected chi connectivity index (χ4v) is 3.14. The summed E-state index contributed by atoms with van der Waals surface area (Å²) in [6.45, 7) is 5.88. The number of aliphatic hydroxyl groups is 1. The van der Waals surface area contributed by atoms with E-state index in [1.54, 1.807) is 0 Å². The van der Waals surface area contributed by atoms with Crippen molar-refractivity contribution in [2.45, 2.75) is 46.1 Å². The van der Waals surface area contributed by atoms with Crippen LogP contribution in [0.25, 0.3) is 0 Å². The van der Waals surface area contributed by atoms with Crippen molar-refractivity contribution in [1.82, 2.24) is 0 Å². The van der Waals surface area contributed by atoms with Gasteiger partial charge in [-0.05, 0) is 62.3 Å². The third kappa shape index (κ3) is 2.00. The van der Waals surface area contributed by atoms with Crippen LogP contribution in [0.2, 0.25) is 0 Å². The highest BCUT2D eigenvalue weighted by molar-refractivity contribution is 5.42. The summed E-state index contributed by atoms with van der Waals surface area (Å²) < 4.78 is 5.62. The van der Waals surface area contributed by atoms with Crippen molar-refractivity contribution in [2.75, 3.05) is 0 Å². The van der Waals surface area contributed by atoms with Crippen LogP contribution in [0.4, 0.5) is 0 Å². The van der Waals surface area contributed by atoms with Gasteiger partial charge in [0.05, 0.1) is 0 Å². The molecule has 0 radical (unpaired) electrons. The third-order valence-corrected chi connectivity index (χ3v) is 4.33. The molecule has 0 amide bonds. The maximum atomic E-state index is 10.6. The van der Waals surface area contributed by atoms with Gasteiger partial charge in [0.25, 0.3) is 0 Å². The Labute approximate surface area is 114 Å². The number of furan rings is 1. The molecule has 1 aliphatic rings. The van der Waals surface area contributed by atoms with Crippen LogP contribution in [0, 0.1) is 20.8 Å². The molecule has 19 heavy (non-hydrogen) atoms. The lowest BCUT2D eigenvalue weighted by Crippen LogP contribution is -2.03. The Morgan fingerprint density at radius 2 is 1.79 bits per heavy atom. The number of fused-ring (bicyclic) bond motifs is 1. The van der Waals surface area contributed by atoms with Gasteiger partial charge in [-0.25, -0.2) is 0 Å². The van der Waals surface area contributed by atoms with E-state index in [1.165, 1.54) is 24.0 Å². The van der Waals surface area contributed by atoms with Gasteiger partial charge < -0.3 is 9.52 Å². The Hall–Kier alpha value is -1.54. The van der Waals surface area contributed by atoms with Gasteiger partial charge in [-0.3, -0.25) is 0 Å². The summed E-state index contributed by atoms with van der Waals surface area (Å²) in [7, 11) is 0. The van der Waals surface area contributed by atoms with E-state index in [9.17, 15) is 5.11 Å². The molecule has 0 spiro atoms. The summed E-state index contributed by atoms with van der Waals surface area (Å²) in [6.07, 6.45) is 2.97. The first-order valence-electron chi connectivity index (χ1n) is 6.94. The van der Waals surface area contributed by atoms with Crippen LogP contribution < -0.4 is 0 Å². The van der Waals surface area contributed by atoms with Crippen molar-refractivity contribution in [1.29, 1.82) is 0 Å². The molecule has 1 aliphatic carbocycles. The number of aryl methyl sites for hydroxylation is 4. The first kappa shape index (κ1) is 12.5. The van der Waals surface area contributed by atoms with Crippen molar-refractivity contribution < 1.29 is 9.52 Å². The molecule has 0 saturated carbocycles. The zero-order chi connectivity index (χ0) is 13.6. The number of hydrogen-bond acceptors (Lipinski definition) is 2. The predicted octanol–water partition coefficient (Wildman–Crippen LogP) is 3.78. The molecule has 0 aliphatic heterocycles. The molecule has 1 atom stereocenters. The maximum absolute atomic E-state index is 10.6. The SMILES string of the molecule is Cc1oc(C)c(C(O)c2ccc3c(c2)CCC3)c1C. The monoisotopic (exact) mass is 256 g/mol. The van der Waals surface area contributed by atoms with Gasteiger partial charge in [0.1, 0.15) is 17.6 Å². The normalized spacial score (nSPS) is 15.6. The zero-order valence-corrected chi connectivity index (χ0v) is 11.8. The van der Waals surface area contributed by atoms with Crippen molar-refractivity contribution in [2.24, 2.45) is 0 Å². The van der Waals surface area contributed by atoms with E-state index < -0.39 is 6.10 Å². The lowest BCUT2D eigenvalue weighted by Gasteiger charge is -2.13. The van der Waals surface area contributed by atoms with Gasteiger partial charge in [0, 0.05) is 5.56 Å². The van der Waals surface area contributed by atoms with Crippen molar-refractivity contribution >= 4 is 0 Å². The topological polar surface area (TPSA) is 33.4 Å². The molecule has 2 nitrogen and oxygen atoms in total. The Morgan fingerprint density at radius 3 is 2.47 bits per heavy atom. The van der Waals surface area contributed by atoms with Gasteiger partial charge >= 0.3 is 0 Å². The summed E-state index contributed by atoms with van der Waals surface area (Å²) in [5.74, 6) is 1.72. The molecule has 100 valence electrons. The molecular weight excluding hydrogens is 236 g/mol. The molecule has 1 heterocycles. The zero-order valence-electron chi connectivity index (χ0n) is 11.8. The molecule has 0 bridgehead atoms. The molecular formula is C17H20O2. The Bertz CT molecular complexity index is 622. The van der Waals surface area contributed by atoms with Gasteiger partial charge in [0.15, 0.2) is 0 Å². The van der Waals surface area contributed by atoms with Crippen LogP contribution in [-0.4, -0.2) is 5.11 Å². The van der Waals surface area contributed by atoms with Gasteiger partial charge in [-0.1, -0.05) is 18.2 Å². The fourth-order valence-electron chi connectivity index (χ4n) is 3.14. The maximum Gasteiger partial charge on any atom is 0.108 e. The van der Waals surface area contributed by atoms with Crippen LogP contribution in [0.1, 0.15) is 51.9 Å². The van der Waals surface area contributed by atoms with Crippen molar-refractivity contribution in [3.05, 3.63) is 57.5 Å². The van der Waals surface area contributed by atoms with Gasteiger partial charge in [-0.15, -0.1) is 0 Å². The Morgan fingerprint density at radius 1 is 1.05 bits per heavy atom. The van der Waals surface area contributed by atoms with Gasteiger partial charge in [0.2, 0.25) is 0 Å². The summed E-state index contributed by atoms with van der Waals surface area (Å²) in [5, 5.41) is 10.6. The first-order chi connectivity index (χ1) is 9.08. The molecule has 1 unspecified atom stereocenters. The minimum atomic E-state index is -0.580. The standard InChI is InChI=1S/C17H20O2/c1-10-11(2)19-12(3)16(10)17(18)15-8-7-13-5-4-6-14(13)9-15/h7-9,17-18H,4-6H2,1-3H3. The number of rotatable bonds is 2. The average molecular weight is 256 g/mol. The number of hydrogen-bond donors (Lipinski definition) is 1. The Kier molecular flexibility index (Phi) is 2.98. The second kappa shape index (κ2) is 4.53. The lowest BCUT2D eigenvalue weighted by atomic mass is 9.95.